The van der Waals surface area contributed by atoms with Gasteiger partial charge in [-0.2, -0.15) is 0 Å². The number of ether oxygens (including phenoxy) is 1. The van der Waals surface area contributed by atoms with Crippen LogP contribution in [0.5, 0.6) is 0 Å². The van der Waals surface area contributed by atoms with E-state index in [9.17, 15) is 4.79 Å². The predicted molar refractivity (Wildman–Crippen MR) is 167 cm³/mol. The van der Waals surface area contributed by atoms with Gasteiger partial charge in [-0.05, 0) is 48.5 Å². The molecule has 1 fully saturated rings. The molecule has 3 aromatic heterocycles. The lowest BCUT2D eigenvalue weighted by atomic mass is 10.1. The lowest BCUT2D eigenvalue weighted by molar-refractivity contribution is 0.102. The third-order valence-electron chi connectivity index (χ3n) is 7.07. The molecule has 42 heavy (non-hydrogen) atoms. The molecule has 3 aromatic carbocycles. The Labute approximate surface area is 246 Å². The van der Waals surface area contributed by atoms with Gasteiger partial charge in [-0.3, -0.25) is 9.20 Å². The summed E-state index contributed by atoms with van der Waals surface area (Å²) in [6.45, 7) is 3.20. The summed E-state index contributed by atoms with van der Waals surface area (Å²) >= 11 is 1.56. The number of rotatable bonds is 7. The van der Waals surface area contributed by atoms with Crippen molar-refractivity contribution in [1.29, 1.82) is 0 Å². The van der Waals surface area contributed by atoms with E-state index >= 15 is 0 Å². The molecule has 7 rings (SSSR count). The number of imidazole rings is 1. The number of hydrogen-bond acceptors (Lipinski definition) is 8. The second-order valence-electron chi connectivity index (χ2n) is 9.81. The molecular formula is C32H27N7O2S. The number of carbonyl (C=O) groups excluding carboxylic acids is 1. The Morgan fingerprint density at radius 1 is 0.881 bits per heavy atom. The van der Waals surface area contributed by atoms with Crippen LogP contribution in [0.1, 0.15) is 10.4 Å². The van der Waals surface area contributed by atoms with Crippen LogP contribution >= 0.6 is 11.3 Å². The zero-order valence-electron chi connectivity index (χ0n) is 22.6. The molecule has 1 aliphatic rings. The topological polar surface area (TPSA) is 96.7 Å². The Bertz CT molecular complexity index is 1860. The highest BCUT2D eigenvalue weighted by atomic mass is 32.1. The third-order valence-corrected chi connectivity index (χ3v) is 7.83. The molecule has 0 saturated carbocycles. The van der Waals surface area contributed by atoms with Crippen molar-refractivity contribution in [2.45, 2.75) is 0 Å². The van der Waals surface area contributed by atoms with Gasteiger partial charge in [-0.25, -0.2) is 15.0 Å². The van der Waals surface area contributed by atoms with Crippen LogP contribution in [0.4, 0.5) is 23.0 Å². The van der Waals surface area contributed by atoms with Crippen molar-refractivity contribution in [3.05, 3.63) is 108 Å². The first-order chi connectivity index (χ1) is 20.7. The first-order valence-corrected chi connectivity index (χ1v) is 14.5. The van der Waals surface area contributed by atoms with Crippen molar-refractivity contribution in [2.75, 3.05) is 41.8 Å². The van der Waals surface area contributed by atoms with Gasteiger partial charge in [-0.15, -0.1) is 11.3 Å². The Morgan fingerprint density at radius 3 is 2.60 bits per heavy atom. The number of morpholine rings is 1. The molecule has 208 valence electrons. The Hall–Kier alpha value is -5.06. The van der Waals surface area contributed by atoms with Crippen LogP contribution in [-0.2, 0) is 4.74 Å². The highest BCUT2D eigenvalue weighted by molar-refractivity contribution is 7.15. The lowest BCUT2D eigenvalue weighted by Crippen LogP contribution is -2.36. The maximum atomic E-state index is 12.8. The lowest BCUT2D eigenvalue weighted by Gasteiger charge is -2.29. The SMILES string of the molecule is O=C(Nc1cccc(-c2nc3sccn3c2-c2ccnc(Nc3cccc(N4CCOCC4)c3)n2)c1)c1ccccc1. The maximum Gasteiger partial charge on any atom is 0.255 e. The van der Waals surface area contributed by atoms with E-state index in [0.717, 1.165) is 65.3 Å². The number of aromatic nitrogens is 4. The molecule has 9 nitrogen and oxygen atoms in total. The van der Waals surface area contributed by atoms with Gasteiger partial charge >= 0.3 is 0 Å². The molecular weight excluding hydrogens is 546 g/mol. The first kappa shape index (κ1) is 25.9. The average Bonchev–Trinajstić information content (AvgIpc) is 3.64. The van der Waals surface area contributed by atoms with E-state index in [1.807, 2.05) is 76.6 Å². The fraction of sp³-hybridized carbons (Fsp3) is 0.125. The fourth-order valence-electron chi connectivity index (χ4n) is 5.05. The van der Waals surface area contributed by atoms with Crippen molar-refractivity contribution < 1.29 is 9.53 Å². The van der Waals surface area contributed by atoms with Crippen LogP contribution in [0, 0.1) is 0 Å². The van der Waals surface area contributed by atoms with Crippen LogP contribution < -0.4 is 15.5 Å². The third kappa shape index (κ3) is 5.32. The zero-order valence-corrected chi connectivity index (χ0v) is 23.4. The standard InChI is InChI=1S/C32H27N7O2S/c40-30(22-6-2-1-3-7-22)34-24-9-4-8-23(20-24)28-29(39-16-19-42-32(39)37-28)27-12-13-33-31(36-27)35-25-10-5-11-26(21-25)38-14-17-41-18-15-38/h1-13,16,19-21H,14-15,17-18H2,(H,34,40)(H,33,35,36). The van der Waals surface area contributed by atoms with Crippen LogP contribution in [0.2, 0.25) is 0 Å². The first-order valence-electron chi connectivity index (χ1n) is 13.7. The van der Waals surface area contributed by atoms with Gasteiger partial charge in [0.15, 0.2) is 4.96 Å². The molecule has 1 saturated heterocycles. The van der Waals surface area contributed by atoms with Crippen molar-refractivity contribution in [3.63, 3.8) is 0 Å². The molecule has 1 aliphatic heterocycles. The maximum absolute atomic E-state index is 12.8. The number of nitrogens with zero attached hydrogens (tertiary/aromatic N) is 5. The fourth-order valence-corrected chi connectivity index (χ4v) is 5.76. The second kappa shape index (κ2) is 11.4. The van der Waals surface area contributed by atoms with E-state index in [2.05, 4.69) is 32.7 Å². The van der Waals surface area contributed by atoms with E-state index in [0.29, 0.717) is 17.2 Å². The van der Waals surface area contributed by atoms with Gasteiger partial charge in [-0.1, -0.05) is 36.4 Å². The normalized spacial score (nSPS) is 13.3. The Balaban J connectivity index is 1.20. The molecule has 0 radical (unpaired) electrons. The van der Waals surface area contributed by atoms with Crippen LogP contribution in [0.15, 0.2) is 103 Å². The van der Waals surface area contributed by atoms with Crippen molar-refractivity contribution >= 4 is 45.2 Å². The molecule has 0 bridgehead atoms. The summed E-state index contributed by atoms with van der Waals surface area (Å²) in [5.41, 5.74) is 6.57. The molecule has 0 atom stereocenters. The van der Waals surface area contributed by atoms with Gasteiger partial charge < -0.3 is 20.3 Å². The second-order valence-corrected chi connectivity index (χ2v) is 10.7. The zero-order chi connectivity index (χ0) is 28.3. The minimum Gasteiger partial charge on any atom is -0.378 e. The van der Waals surface area contributed by atoms with Crippen molar-refractivity contribution in [1.82, 2.24) is 19.4 Å². The van der Waals surface area contributed by atoms with Gasteiger partial charge in [0.25, 0.3) is 5.91 Å². The van der Waals surface area contributed by atoms with E-state index in [1.165, 1.54) is 0 Å². The molecule has 6 aromatic rings. The monoisotopic (exact) mass is 573 g/mol. The average molecular weight is 574 g/mol. The minimum absolute atomic E-state index is 0.164. The van der Waals surface area contributed by atoms with E-state index in [4.69, 9.17) is 14.7 Å². The summed E-state index contributed by atoms with van der Waals surface area (Å²) in [6.07, 6.45) is 3.75. The number of thiazole rings is 1. The van der Waals surface area contributed by atoms with Gasteiger partial charge in [0, 0.05) is 59.1 Å². The minimum atomic E-state index is -0.164. The smallest absolute Gasteiger partial charge is 0.255 e. The number of amides is 1. The van der Waals surface area contributed by atoms with Crippen LogP contribution in [0.25, 0.3) is 27.6 Å². The molecule has 0 unspecified atom stereocenters. The molecule has 4 heterocycles. The Morgan fingerprint density at radius 2 is 1.71 bits per heavy atom. The number of hydrogen-bond donors (Lipinski definition) is 2. The van der Waals surface area contributed by atoms with E-state index in [-0.39, 0.29) is 5.91 Å². The molecule has 0 aliphatic carbocycles. The number of anilines is 4. The number of benzene rings is 3. The van der Waals surface area contributed by atoms with Gasteiger partial charge in [0.1, 0.15) is 5.69 Å². The molecule has 10 heteroatoms. The quantitative estimate of drug-likeness (QED) is 0.230. The van der Waals surface area contributed by atoms with Crippen molar-refractivity contribution in [2.24, 2.45) is 0 Å². The highest BCUT2D eigenvalue weighted by Crippen LogP contribution is 2.35. The summed E-state index contributed by atoms with van der Waals surface area (Å²) < 4.78 is 7.54. The summed E-state index contributed by atoms with van der Waals surface area (Å²) in [6, 6.07) is 27.0. The van der Waals surface area contributed by atoms with Crippen LogP contribution in [0.3, 0.4) is 0 Å². The Kier molecular flexibility index (Phi) is 7.05. The number of carbonyl (C=O) groups is 1. The molecule has 0 spiro atoms. The van der Waals surface area contributed by atoms with E-state index < -0.39 is 0 Å². The molecule has 1 amide bonds. The van der Waals surface area contributed by atoms with Gasteiger partial charge in [0.2, 0.25) is 5.95 Å². The van der Waals surface area contributed by atoms with Crippen LogP contribution in [-0.4, -0.2) is 51.6 Å². The molecule has 2 N–H and O–H groups in total. The number of fused-ring (bicyclic) bond motifs is 1. The summed E-state index contributed by atoms with van der Waals surface area (Å²) in [7, 11) is 0. The predicted octanol–water partition coefficient (Wildman–Crippen LogP) is 6.35. The summed E-state index contributed by atoms with van der Waals surface area (Å²) in [4.78, 5) is 30.3. The largest absolute Gasteiger partial charge is 0.378 e. The van der Waals surface area contributed by atoms with E-state index in [1.54, 1.807) is 29.7 Å². The van der Waals surface area contributed by atoms with Gasteiger partial charge in [0.05, 0.1) is 24.6 Å². The summed E-state index contributed by atoms with van der Waals surface area (Å²) in [5, 5.41) is 8.38. The highest BCUT2D eigenvalue weighted by Gasteiger charge is 2.19. The number of nitrogens with one attached hydrogen (secondary N) is 2. The van der Waals surface area contributed by atoms with Crippen molar-refractivity contribution in [3.8, 4) is 22.6 Å². The summed E-state index contributed by atoms with van der Waals surface area (Å²) in [5.74, 6) is 0.328.